The normalized spacial score (nSPS) is 9.81. The minimum atomic E-state index is 0.589. The lowest BCUT2D eigenvalue weighted by Gasteiger charge is -2.21. The summed E-state index contributed by atoms with van der Waals surface area (Å²) in [5.41, 5.74) is 0.912. The third kappa shape index (κ3) is 2.47. The molecule has 1 aromatic carbocycles. The van der Waals surface area contributed by atoms with E-state index in [0.717, 1.165) is 11.4 Å². The maximum absolute atomic E-state index is 5.30. The summed E-state index contributed by atoms with van der Waals surface area (Å²) in [6.07, 6.45) is 0. The van der Waals surface area contributed by atoms with Crippen LogP contribution in [0.25, 0.3) is 0 Å². The molecular formula is C11H17NO3S. The highest BCUT2D eigenvalue weighted by Crippen LogP contribution is 2.39. The van der Waals surface area contributed by atoms with Crippen LogP contribution in [0.1, 0.15) is 0 Å². The van der Waals surface area contributed by atoms with Crippen molar-refractivity contribution in [2.75, 3.05) is 39.2 Å². The third-order valence-corrected chi connectivity index (χ3v) is 2.73. The Morgan fingerprint density at radius 2 is 1.50 bits per heavy atom. The standard InChI is InChI=1S/C11H17NO3S/c1-12(7-16)8-5-10(14-3)11(15-4)6-9(8)13-2/h5-6,16H,7H2,1-4H3. The number of benzene rings is 1. The van der Waals surface area contributed by atoms with E-state index in [-0.39, 0.29) is 0 Å². The maximum Gasteiger partial charge on any atom is 0.164 e. The minimum absolute atomic E-state index is 0.589. The number of ether oxygens (including phenoxy) is 3. The predicted octanol–water partition coefficient (Wildman–Crippen LogP) is 2.04. The van der Waals surface area contributed by atoms with Gasteiger partial charge in [0.15, 0.2) is 11.5 Å². The van der Waals surface area contributed by atoms with Crippen molar-refractivity contribution in [1.82, 2.24) is 0 Å². The van der Waals surface area contributed by atoms with Crippen LogP contribution in [0.3, 0.4) is 0 Å². The molecule has 0 heterocycles. The lowest BCUT2D eigenvalue weighted by atomic mass is 10.2. The summed E-state index contributed by atoms with van der Waals surface area (Å²) < 4.78 is 15.7. The lowest BCUT2D eigenvalue weighted by molar-refractivity contribution is 0.349. The Morgan fingerprint density at radius 3 is 1.94 bits per heavy atom. The first-order valence-corrected chi connectivity index (χ1v) is 5.43. The van der Waals surface area contributed by atoms with Crippen molar-refractivity contribution in [2.24, 2.45) is 0 Å². The topological polar surface area (TPSA) is 30.9 Å². The largest absolute Gasteiger partial charge is 0.494 e. The minimum Gasteiger partial charge on any atom is -0.494 e. The van der Waals surface area contributed by atoms with Gasteiger partial charge in [0.2, 0.25) is 0 Å². The van der Waals surface area contributed by atoms with Crippen molar-refractivity contribution in [3.63, 3.8) is 0 Å². The Kier molecular flexibility index (Phi) is 4.61. The molecule has 0 atom stereocenters. The van der Waals surface area contributed by atoms with Crippen molar-refractivity contribution >= 4 is 18.3 Å². The first kappa shape index (κ1) is 12.8. The van der Waals surface area contributed by atoms with Crippen LogP contribution in [0.15, 0.2) is 12.1 Å². The molecule has 0 bridgehead atoms. The average molecular weight is 243 g/mol. The zero-order chi connectivity index (χ0) is 12.1. The third-order valence-electron chi connectivity index (χ3n) is 2.31. The second-order valence-electron chi connectivity index (χ2n) is 3.22. The van der Waals surface area contributed by atoms with Crippen LogP contribution in [0.4, 0.5) is 5.69 Å². The molecule has 0 spiro atoms. The number of methoxy groups -OCH3 is 3. The average Bonchev–Trinajstić information content (AvgIpc) is 2.35. The van der Waals surface area contributed by atoms with E-state index in [9.17, 15) is 0 Å². The predicted molar refractivity (Wildman–Crippen MR) is 68.4 cm³/mol. The molecule has 0 N–H and O–H groups in total. The van der Waals surface area contributed by atoms with E-state index >= 15 is 0 Å². The van der Waals surface area contributed by atoms with Crippen molar-refractivity contribution in [3.8, 4) is 17.2 Å². The Hall–Kier alpha value is -1.23. The van der Waals surface area contributed by atoms with Gasteiger partial charge >= 0.3 is 0 Å². The van der Waals surface area contributed by atoms with E-state index in [4.69, 9.17) is 14.2 Å². The van der Waals surface area contributed by atoms with Crippen LogP contribution in [-0.4, -0.2) is 34.3 Å². The van der Waals surface area contributed by atoms with Crippen molar-refractivity contribution in [3.05, 3.63) is 12.1 Å². The molecule has 0 aliphatic carbocycles. The van der Waals surface area contributed by atoms with Gasteiger partial charge in [0.05, 0.1) is 32.9 Å². The SMILES string of the molecule is COc1cc(OC)c(N(C)CS)cc1OC. The van der Waals surface area contributed by atoms with Gasteiger partial charge in [-0.25, -0.2) is 0 Å². The van der Waals surface area contributed by atoms with Crippen molar-refractivity contribution in [1.29, 1.82) is 0 Å². The molecule has 0 fully saturated rings. The number of rotatable bonds is 5. The second-order valence-corrected chi connectivity index (χ2v) is 3.50. The monoisotopic (exact) mass is 243 g/mol. The van der Waals surface area contributed by atoms with Crippen LogP contribution < -0.4 is 19.1 Å². The quantitative estimate of drug-likeness (QED) is 0.633. The molecule has 4 nitrogen and oxygen atoms in total. The lowest BCUT2D eigenvalue weighted by Crippen LogP contribution is -2.15. The molecule has 0 aliphatic rings. The van der Waals surface area contributed by atoms with Crippen LogP contribution in [0, 0.1) is 0 Å². The van der Waals surface area contributed by atoms with Crippen molar-refractivity contribution in [2.45, 2.75) is 0 Å². The van der Waals surface area contributed by atoms with Gasteiger partial charge in [-0.1, -0.05) is 0 Å². The molecule has 0 unspecified atom stereocenters. The molecule has 0 radical (unpaired) electrons. The first-order valence-electron chi connectivity index (χ1n) is 4.80. The second kappa shape index (κ2) is 5.75. The fourth-order valence-electron chi connectivity index (χ4n) is 1.39. The fraction of sp³-hybridized carbons (Fsp3) is 0.455. The zero-order valence-corrected chi connectivity index (χ0v) is 10.9. The molecule has 0 aliphatic heterocycles. The molecule has 0 saturated heterocycles. The highest BCUT2D eigenvalue weighted by Gasteiger charge is 2.13. The molecule has 0 amide bonds. The summed E-state index contributed by atoms with van der Waals surface area (Å²) in [6.45, 7) is 0. The molecule has 5 heteroatoms. The Bertz CT molecular complexity index is 357. The summed E-state index contributed by atoms with van der Waals surface area (Å²) in [5, 5.41) is 0. The van der Waals surface area contributed by atoms with Gasteiger partial charge in [-0.3, -0.25) is 0 Å². The summed E-state index contributed by atoms with van der Waals surface area (Å²) in [7, 11) is 6.75. The highest BCUT2D eigenvalue weighted by atomic mass is 32.1. The van der Waals surface area contributed by atoms with Crippen LogP contribution in [0.5, 0.6) is 17.2 Å². The van der Waals surface area contributed by atoms with Crippen molar-refractivity contribution < 1.29 is 14.2 Å². The summed E-state index contributed by atoms with van der Waals surface area (Å²) >= 11 is 4.22. The van der Waals surface area contributed by atoms with Gasteiger partial charge in [0, 0.05) is 19.2 Å². The number of thiol groups is 1. The van der Waals surface area contributed by atoms with Crippen LogP contribution >= 0.6 is 12.6 Å². The van der Waals surface area contributed by atoms with E-state index in [1.807, 2.05) is 18.0 Å². The van der Waals surface area contributed by atoms with Crippen LogP contribution in [0.2, 0.25) is 0 Å². The van der Waals surface area contributed by atoms with Gasteiger partial charge in [-0.2, -0.15) is 12.6 Å². The Morgan fingerprint density at radius 1 is 1.00 bits per heavy atom. The summed E-state index contributed by atoms with van der Waals surface area (Å²) in [4.78, 5) is 1.95. The number of anilines is 1. The summed E-state index contributed by atoms with van der Waals surface area (Å²) in [6, 6.07) is 3.67. The van der Waals surface area contributed by atoms with Crippen LogP contribution in [-0.2, 0) is 0 Å². The fourth-order valence-corrected chi connectivity index (χ4v) is 1.54. The molecule has 1 aromatic rings. The molecule has 0 aromatic heterocycles. The van der Waals surface area contributed by atoms with Gasteiger partial charge in [-0.15, -0.1) is 0 Å². The van der Waals surface area contributed by atoms with Gasteiger partial charge in [0.1, 0.15) is 5.75 Å². The van der Waals surface area contributed by atoms with E-state index < -0.39 is 0 Å². The number of nitrogens with zero attached hydrogens (tertiary/aromatic N) is 1. The number of hydrogen-bond acceptors (Lipinski definition) is 5. The van der Waals surface area contributed by atoms with Gasteiger partial charge < -0.3 is 19.1 Å². The Labute approximate surface area is 102 Å². The van der Waals surface area contributed by atoms with Gasteiger partial charge in [-0.05, 0) is 0 Å². The van der Waals surface area contributed by atoms with E-state index in [1.54, 1.807) is 27.4 Å². The molecule has 0 saturated carbocycles. The smallest absolute Gasteiger partial charge is 0.164 e. The van der Waals surface area contributed by atoms with Gasteiger partial charge in [0.25, 0.3) is 0 Å². The number of hydrogen-bond donors (Lipinski definition) is 1. The van der Waals surface area contributed by atoms with E-state index in [2.05, 4.69) is 12.6 Å². The zero-order valence-electron chi connectivity index (χ0n) is 9.98. The van der Waals surface area contributed by atoms with E-state index in [0.29, 0.717) is 17.4 Å². The molecule has 16 heavy (non-hydrogen) atoms. The highest BCUT2D eigenvalue weighted by molar-refractivity contribution is 7.80. The Balaban J connectivity index is 3.25. The molecular weight excluding hydrogens is 226 g/mol. The maximum atomic E-state index is 5.30. The molecule has 90 valence electrons. The summed E-state index contributed by atoms with van der Waals surface area (Å²) in [5.74, 6) is 2.64. The molecule has 1 rings (SSSR count). The van der Waals surface area contributed by atoms with E-state index in [1.165, 1.54) is 0 Å². The first-order chi connectivity index (χ1) is 7.67.